The van der Waals surface area contributed by atoms with E-state index in [9.17, 15) is 19.5 Å². The SMILES string of the molecule is CCCCC/C(=C\C(=O)OCC)CC(C)(C(=O)O)C(=O)OCCCC. The van der Waals surface area contributed by atoms with Gasteiger partial charge in [0.1, 0.15) is 0 Å². The second-order valence-corrected chi connectivity index (χ2v) is 6.32. The molecule has 0 heterocycles. The van der Waals surface area contributed by atoms with Gasteiger partial charge in [-0.2, -0.15) is 0 Å². The molecule has 0 aliphatic rings. The van der Waals surface area contributed by atoms with Crippen molar-refractivity contribution in [2.24, 2.45) is 5.41 Å². The second-order valence-electron chi connectivity index (χ2n) is 6.32. The fourth-order valence-electron chi connectivity index (χ4n) is 2.32. The first-order valence-corrected chi connectivity index (χ1v) is 9.08. The predicted octanol–water partition coefficient (Wildman–Crippen LogP) is 3.88. The number of carbonyl (C=O) groups is 3. The molecule has 0 rings (SSSR count). The molecule has 0 aliphatic heterocycles. The van der Waals surface area contributed by atoms with Gasteiger partial charge in [-0.15, -0.1) is 0 Å². The van der Waals surface area contributed by atoms with Crippen LogP contribution in [0.2, 0.25) is 0 Å². The van der Waals surface area contributed by atoms with E-state index in [4.69, 9.17) is 9.47 Å². The summed E-state index contributed by atoms with van der Waals surface area (Å²) in [6, 6.07) is 0. The van der Waals surface area contributed by atoms with Crippen LogP contribution in [0.1, 0.15) is 72.6 Å². The molecule has 6 heteroatoms. The van der Waals surface area contributed by atoms with E-state index < -0.39 is 23.3 Å². The molecule has 0 aromatic heterocycles. The fourth-order valence-corrected chi connectivity index (χ4v) is 2.32. The molecule has 6 nitrogen and oxygen atoms in total. The first-order valence-electron chi connectivity index (χ1n) is 9.08. The third-order valence-corrected chi connectivity index (χ3v) is 3.94. The molecule has 1 N–H and O–H groups in total. The Morgan fingerprint density at radius 3 is 2.16 bits per heavy atom. The molecule has 0 fully saturated rings. The Morgan fingerprint density at radius 2 is 1.64 bits per heavy atom. The number of allylic oxidation sites excluding steroid dienone is 1. The Labute approximate surface area is 150 Å². The van der Waals surface area contributed by atoms with Crippen LogP contribution < -0.4 is 0 Å². The molecule has 0 saturated heterocycles. The fraction of sp³-hybridized carbons (Fsp3) is 0.737. The molecule has 25 heavy (non-hydrogen) atoms. The summed E-state index contributed by atoms with van der Waals surface area (Å²) in [5.74, 6) is -2.53. The Morgan fingerprint density at radius 1 is 1.00 bits per heavy atom. The zero-order valence-electron chi connectivity index (χ0n) is 15.9. The number of esters is 2. The first kappa shape index (κ1) is 23.1. The van der Waals surface area contributed by atoms with Crippen molar-refractivity contribution < 1.29 is 29.0 Å². The number of hydrogen-bond donors (Lipinski definition) is 1. The van der Waals surface area contributed by atoms with Crippen molar-refractivity contribution in [3.05, 3.63) is 11.6 Å². The summed E-state index contributed by atoms with van der Waals surface area (Å²) in [6.07, 6.45) is 6.13. The van der Waals surface area contributed by atoms with Gasteiger partial charge in [0.05, 0.1) is 13.2 Å². The van der Waals surface area contributed by atoms with E-state index in [0.29, 0.717) is 18.4 Å². The molecule has 144 valence electrons. The van der Waals surface area contributed by atoms with Crippen LogP contribution in [0.15, 0.2) is 11.6 Å². The van der Waals surface area contributed by atoms with Crippen molar-refractivity contribution in [1.82, 2.24) is 0 Å². The maximum absolute atomic E-state index is 12.3. The minimum absolute atomic E-state index is 0.0597. The molecule has 0 aromatic carbocycles. The lowest BCUT2D eigenvalue weighted by Gasteiger charge is -2.24. The van der Waals surface area contributed by atoms with Gasteiger partial charge < -0.3 is 14.6 Å². The Hall–Kier alpha value is -1.85. The average molecular weight is 356 g/mol. The second kappa shape index (κ2) is 12.5. The van der Waals surface area contributed by atoms with Gasteiger partial charge in [-0.05, 0) is 39.5 Å². The molecule has 0 aromatic rings. The van der Waals surface area contributed by atoms with Gasteiger partial charge in [0, 0.05) is 6.08 Å². The van der Waals surface area contributed by atoms with Crippen molar-refractivity contribution >= 4 is 17.9 Å². The summed E-state index contributed by atoms with van der Waals surface area (Å²) in [5.41, 5.74) is -1.11. The quantitative estimate of drug-likeness (QED) is 0.233. The van der Waals surface area contributed by atoms with Crippen LogP contribution in [0, 0.1) is 5.41 Å². The molecule has 1 unspecified atom stereocenters. The van der Waals surface area contributed by atoms with Crippen molar-refractivity contribution in [3.63, 3.8) is 0 Å². The van der Waals surface area contributed by atoms with Gasteiger partial charge in [-0.3, -0.25) is 9.59 Å². The van der Waals surface area contributed by atoms with Crippen molar-refractivity contribution in [2.45, 2.75) is 72.6 Å². The van der Waals surface area contributed by atoms with Gasteiger partial charge in [0.25, 0.3) is 0 Å². The highest BCUT2D eigenvalue weighted by atomic mass is 16.5. The summed E-state index contributed by atoms with van der Waals surface area (Å²) < 4.78 is 10.0. The highest BCUT2D eigenvalue weighted by molar-refractivity contribution is 5.99. The van der Waals surface area contributed by atoms with Crippen LogP contribution in [0.5, 0.6) is 0 Å². The predicted molar refractivity (Wildman–Crippen MR) is 95.1 cm³/mol. The number of carboxylic acid groups (broad SMARTS) is 1. The van der Waals surface area contributed by atoms with Crippen LogP contribution in [-0.4, -0.2) is 36.2 Å². The summed E-state index contributed by atoms with van der Waals surface area (Å²) in [5, 5.41) is 9.57. The van der Waals surface area contributed by atoms with E-state index in [-0.39, 0.29) is 19.6 Å². The van der Waals surface area contributed by atoms with E-state index in [1.807, 2.05) is 6.92 Å². The van der Waals surface area contributed by atoms with Gasteiger partial charge >= 0.3 is 17.9 Å². The van der Waals surface area contributed by atoms with Crippen molar-refractivity contribution in [2.75, 3.05) is 13.2 Å². The van der Waals surface area contributed by atoms with E-state index >= 15 is 0 Å². The Bertz CT molecular complexity index is 469. The number of carbonyl (C=O) groups excluding carboxylic acids is 2. The highest BCUT2D eigenvalue weighted by Crippen LogP contribution is 2.31. The number of ether oxygens (including phenoxy) is 2. The average Bonchev–Trinajstić information content (AvgIpc) is 2.54. The van der Waals surface area contributed by atoms with E-state index in [1.165, 1.54) is 13.0 Å². The number of carboxylic acids is 1. The summed E-state index contributed by atoms with van der Waals surface area (Å²) >= 11 is 0. The van der Waals surface area contributed by atoms with Crippen LogP contribution >= 0.6 is 0 Å². The summed E-state index contributed by atoms with van der Waals surface area (Å²) in [7, 11) is 0. The Balaban J connectivity index is 5.27. The Kier molecular flexibility index (Phi) is 11.6. The first-order chi connectivity index (χ1) is 11.8. The molecule has 1 atom stereocenters. The number of unbranched alkanes of at least 4 members (excludes halogenated alkanes) is 3. The van der Waals surface area contributed by atoms with Gasteiger partial charge in [0.15, 0.2) is 5.41 Å². The summed E-state index contributed by atoms with van der Waals surface area (Å²) in [4.78, 5) is 35.8. The maximum Gasteiger partial charge on any atom is 0.330 e. The zero-order valence-corrected chi connectivity index (χ0v) is 15.9. The lowest BCUT2D eigenvalue weighted by atomic mass is 9.82. The summed E-state index contributed by atoms with van der Waals surface area (Å²) in [6.45, 7) is 7.51. The van der Waals surface area contributed by atoms with Crippen LogP contribution in [-0.2, 0) is 23.9 Å². The standard InChI is InChI=1S/C19H32O6/c1-5-8-10-11-15(13-16(20)24-7-3)14-19(4,17(21)22)18(23)25-12-9-6-2/h13H,5-12,14H2,1-4H3,(H,21,22)/b15-13+. The molecule has 0 aliphatic carbocycles. The van der Waals surface area contributed by atoms with Gasteiger partial charge in [0.2, 0.25) is 0 Å². The maximum atomic E-state index is 12.3. The van der Waals surface area contributed by atoms with E-state index in [2.05, 4.69) is 6.92 Å². The molecule has 0 spiro atoms. The smallest absolute Gasteiger partial charge is 0.330 e. The molecule has 0 saturated carbocycles. The topological polar surface area (TPSA) is 89.9 Å². The molecular weight excluding hydrogens is 324 g/mol. The minimum atomic E-state index is -1.71. The zero-order chi connectivity index (χ0) is 19.3. The third kappa shape index (κ3) is 8.70. The highest BCUT2D eigenvalue weighted by Gasteiger charge is 2.43. The lowest BCUT2D eigenvalue weighted by molar-refractivity contribution is -0.167. The normalized spacial score (nSPS) is 13.8. The van der Waals surface area contributed by atoms with Crippen LogP contribution in [0.25, 0.3) is 0 Å². The van der Waals surface area contributed by atoms with Gasteiger partial charge in [-0.25, -0.2) is 4.79 Å². The monoisotopic (exact) mass is 356 g/mol. The van der Waals surface area contributed by atoms with Gasteiger partial charge in [-0.1, -0.05) is 38.7 Å². The molecule has 0 bridgehead atoms. The van der Waals surface area contributed by atoms with Crippen LogP contribution in [0.3, 0.4) is 0 Å². The molecular formula is C19H32O6. The van der Waals surface area contributed by atoms with Crippen LogP contribution in [0.4, 0.5) is 0 Å². The number of aliphatic carboxylic acids is 1. The van der Waals surface area contributed by atoms with Crippen molar-refractivity contribution in [1.29, 1.82) is 0 Å². The number of hydrogen-bond acceptors (Lipinski definition) is 5. The lowest BCUT2D eigenvalue weighted by Crippen LogP contribution is -2.38. The molecule has 0 amide bonds. The minimum Gasteiger partial charge on any atom is -0.480 e. The van der Waals surface area contributed by atoms with Crippen molar-refractivity contribution in [3.8, 4) is 0 Å². The van der Waals surface area contributed by atoms with E-state index in [1.54, 1.807) is 6.92 Å². The molecule has 0 radical (unpaired) electrons. The van der Waals surface area contributed by atoms with E-state index in [0.717, 1.165) is 25.7 Å². The third-order valence-electron chi connectivity index (χ3n) is 3.94. The number of rotatable bonds is 13. The largest absolute Gasteiger partial charge is 0.480 e.